The quantitative estimate of drug-likeness (QED) is 0.647. The molecule has 0 amide bonds. The molecule has 2 aromatic rings. The van der Waals surface area contributed by atoms with Crippen LogP contribution < -0.4 is 0 Å². The average molecular weight is 262 g/mol. The van der Waals surface area contributed by atoms with Gasteiger partial charge >= 0.3 is 0 Å². The van der Waals surface area contributed by atoms with Crippen LogP contribution in [0.4, 0.5) is 0 Å². The van der Waals surface area contributed by atoms with Gasteiger partial charge in [0.15, 0.2) is 0 Å². The van der Waals surface area contributed by atoms with Crippen LogP contribution in [0.3, 0.4) is 0 Å². The van der Waals surface area contributed by atoms with Crippen molar-refractivity contribution in [2.75, 3.05) is 0 Å². The van der Waals surface area contributed by atoms with E-state index in [-0.39, 0.29) is 0 Å². The molecule has 0 atom stereocenters. The fourth-order valence-electron chi connectivity index (χ4n) is 5.97. The molecule has 6 rings (SSSR count). The second kappa shape index (κ2) is 4.10. The summed E-state index contributed by atoms with van der Waals surface area (Å²) in [7, 11) is 0. The summed E-state index contributed by atoms with van der Waals surface area (Å²) in [6, 6.07) is 16.0. The highest BCUT2D eigenvalue weighted by molar-refractivity contribution is 5.86. The third-order valence-corrected chi connectivity index (χ3v) is 6.41. The lowest BCUT2D eigenvalue weighted by molar-refractivity contribution is -0.00230. The minimum atomic E-state index is 0.855. The van der Waals surface area contributed by atoms with E-state index in [1.807, 2.05) is 0 Å². The lowest BCUT2D eigenvalue weighted by atomic mass is 9.50. The Labute approximate surface area is 121 Å². The molecule has 0 aliphatic heterocycles. The van der Waals surface area contributed by atoms with Crippen LogP contribution in [0.15, 0.2) is 42.5 Å². The van der Waals surface area contributed by atoms with Crippen LogP contribution in [0.25, 0.3) is 10.8 Å². The molecule has 4 fully saturated rings. The highest BCUT2D eigenvalue weighted by atomic mass is 14.5. The molecule has 20 heavy (non-hydrogen) atoms. The van der Waals surface area contributed by atoms with Crippen molar-refractivity contribution in [1.29, 1.82) is 0 Å². The maximum absolute atomic E-state index is 2.43. The highest BCUT2D eigenvalue weighted by Crippen LogP contribution is 2.60. The summed E-state index contributed by atoms with van der Waals surface area (Å²) < 4.78 is 0. The van der Waals surface area contributed by atoms with E-state index < -0.39 is 0 Å². The van der Waals surface area contributed by atoms with Crippen molar-refractivity contribution < 1.29 is 0 Å². The first-order valence-electron chi connectivity index (χ1n) is 8.36. The topological polar surface area (TPSA) is 0 Å². The molecule has 0 saturated heterocycles. The largest absolute Gasteiger partial charge is 0.0616 e. The van der Waals surface area contributed by atoms with E-state index in [0.717, 1.165) is 29.6 Å². The van der Waals surface area contributed by atoms with Crippen molar-refractivity contribution in [1.82, 2.24) is 0 Å². The van der Waals surface area contributed by atoms with Crippen LogP contribution in [0.2, 0.25) is 0 Å². The zero-order valence-electron chi connectivity index (χ0n) is 12.0. The first-order chi connectivity index (χ1) is 9.88. The summed E-state index contributed by atoms with van der Waals surface area (Å²) in [6.07, 6.45) is 7.61. The summed E-state index contributed by atoms with van der Waals surface area (Å²) in [4.78, 5) is 0. The third kappa shape index (κ3) is 1.54. The van der Waals surface area contributed by atoms with E-state index in [1.165, 1.54) is 36.5 Å². The van der Waals surface area contributed by atoms with E-state index in [9.17, 15) is 0 Å². The Balaban J connectivity index is 1.65. The molecule has 0 aromatic heterocycles. The van der Waals surface area contributed by atoms with E-state index in [4.69, 9.17) is 0 Å². The number of fused-ring (bicyclic) bond motifs is 1. The molecule has 4 saturated carbocycles. The predicted octanol–water partition coefficient (Wildman–Crippen LogP) is 5.38. The summed E-state index contributed by atoms with van der Waals surface area (Å²) in [6.45, 7) is 0. The lowest BCUT2D eigenvalue weighted by Gasteiger charge is -2.54. The first-order valence-corrected chi connectivity index (χ1v) is 8.36. The predicted molar refractivity (Wildman–Crippen MR) is 83.7 cm³/mol. The minimum Gasteiger partial charge on any atom is -0.0616 e. The average Bonchev–Trinajstić information content (AvgIpc) is 2.46. The molecule has 0 unspecified atom stereocenters. The summed E-state index contributed by atoms with van der Waals surface area (Å²) in [5, 5.41) is 2.95. The van der Waals surface area contributed by atoms with E-state index in [0.29, 0.717) is 0 Å². The van der Waals surface area contributed by atoms with Gasteiger partial charge in [0.1, 0.15) is 0 Å². The SMILES string of the molecule is c1ccc2c(C3C4CC5CC(C4)CC3C5)cccc2c1. The molecular weight excluding hydrogens is 240 g/mol. The molecule has 2 aromatic carbocycles. The molecule has 4 aliphatic carbocycles. The Bertz CT molecular complexity index is 621. The van der Waals surface area contributed by atoms with Gasteiger partial charge in [-0.1, -0.05) is 42.5 Å². The molecule has 0 radical (unpaired) electrons. The van der Waals surface area contributed by atoms with Gasteiger partial charge in [-0.15, -0.1) is 0 Å². The van der Waals surface area contributed by atoms with E-state index >= 15 is 0 Å². The first kappa shape index (κ1) is 11.4. The normalized spacial score (nSPS) is 38.5. The standard InChI is InChI=1S/C20H22/c1-2-6-18-15(4-1)5-3-7-19(18)20-16-9-13-8-14(11-16)12-17(20)10-13/h1-7,13-14,16-17,20H,8-12H2. The Hall–Kier alpha value is -1.30. The van der Waals surface area contributed by atoms with Gasteiger partial charge in [0.25, 0.3) is 0 Å². The van der Waals surface area contributed by atoms with Gasteiger partial charge in [-0.2, -0.15) is 0 Å². The monoisotopic (exact) mass is 262 g/mol. The van der Waals surface area contributed by atoms with Gasteiger partial charge in [-0.25, -0.2) is 0 Å². The Morgan fingerprint density at radius 1 is 0.650 bits per heavy atom. The molecule has 0 spiro atoms. The number of rotatable bonds is 1. The van der Waals surface area contributed by atoms with Crippen LogP contribution in [0.1, 0.15) is 43.6 Å². The van der Waals surface area contributed by atoms with Crippen molar-refractivity contribution in [3.05, 3.63) is 48.0 Å². The van der Waals surface area contributed by atoms with Gasteiger partial charge in [0, 0.05) is 0 Å². The van der Waals surface area contributed by atoms with Crippen LogP contribution >= 0.6 is 0 Å². The molecule has 0 nitrogen and oxygen atoms in total. The number of hydrogen-bond donors (Lipinski definition) is 0. The molecular formula is C20H22. The Morgan fingerprint density at radius 3 is 2.05 bits per heavy atom. The van der Waals surface area contributed by atoms with Crippen LogP contribution in [0.5, 0.6) is 0 Å². The zero-order chi connectivity index (χ0) is 13.1. The summed E-state index contributed by atoms with van der Waals surface area (Å²) in [5.41, 5.74) is 1.66. The fraction of sp³-hybridized carbons (Fsp3) is 0.500. The van der Waals surface area contributed by atoms with E-state index in [2.05, 4.69) is 42.5 Å². The molecule has 0 N–H and O–H groups in total. The smallest absolute Gasteiger partial charge is 0.00987 e. The van der Waals surface area contributed by atoms with Crippen molar-refractivity contribution in [2.45, 2.75) is 38.0 Å². The van der Waals surface area contributed by atoms with Crippen LogP contribution in [0, 0.1) is 23.7 Å². The van der Waals surface area contributed by atoms with Gasteiger partial charge in [-0.05, 0) is 78.0 Å². The molecule has 0 heteroatoms. The van der Waals surface area contributed by atoms with Crippen molar-refractivity contribution in [2.24, 2.45) is 23.7 Å². The third-order valence-electron chi connectivity index (χ3n) is 6.41. The molecule has 102 valence electrons. The number of hydrogen-bond acceptors (Lipinski definition) is 0. The van der Waals surface area contributed by atoms with Gasteiger partial charge in [-0.3, -0.25) is 0 Å². The van der Waals surface area contributed by atoms with Gasteiger partial charge in [0.05, 0.1) is 0 Å². The summed E-state index contributed by atoms with van der Waals surface area (Å²) in [5.74, 6) is 4.97. The Kier molecular flexibility index (Phi) is 2.33. The maximum atomic E-state index is 2.43. The zero-order valence-corrected chi connectivity index (χ0v) is 12.0. The van der Waals surface area contributed by atoms with E-state index in [1.54, 1.807) is 12.0 Å². The number of benzene rings is 2. The lowest BCUT2D eigenvalue weighted by Crippen LogP contribution is -2.43. The van der Waals surface area contributed by atoms with Crippen LogP contribution in [-0.4, -0.2) is 0 Å². The molecule has 0 heterocycles. The van der Waals surface area contributed by atoms with Crippen molar-refractivity contribution in [3.63, 3.8) is 0 Å². The van der Waals surface area contributed by atoms with Gasteiger partial charge < -0.3 is 0 Å². The second-order valence-corrected chi connectivity index (χ2v) is 7.52. The minimum absolute atomic E-state index is 0.855. The van der Waals surface area contributed by atoms with Crippen LogP contribution in [-0.2, 0) is 0 Å². The highest BCUT2D eigenvalue weighted by Gasteiger charge is 2.48. The van der Waals surface area contributed by atoms with Gasteiger partial charge in [0.2, 0.25) is 0 Å². The molecule has 4 bridgehead atoms. The second-order valence-electron chi connectivity index (χ2n) is 7.52. The van der Waals surface area contributed by atoms with Crippen molar-refractivity contribution >= 4 is 10.8 Å². The Morgan fingerprint density at radius 2 is 1.30 bits per heavy atom. The summed E-state index contributed by atoms with van der Waals surface area (Å²) >= 11 is 0. The fourth-order valence-corrected chi connectivity index (χ4v) is 5.97. The van der Waals surface area contributed by atoms with Crippen molar-refractivity contribution in [3.8, 4) is 0 Å². The maximum Gasteiger partial charge on any atom is -0.00987 e. The molecule has 4 aliphatic rings.